The molecule has 100 valence electrons. The monoisotopic (exact) mass is 255 g/mol. The van der Waals surface area contributed by atoms with Crippen molar-refractivity contribution in [1.82, 2.24) is 9.88 Å². The zero-order chi connectivity index (χ0) is 13.2. The van der Waals surface area contributed by atoms with Crippen LogP contribution < -0.4 is 4.90 Å². The number of para-hydroxylation sites is 1. The molecule has 3 rings (SSSR count). The van der Waals surface area contributed by atoms with Crippen LogP contribution in [0.2, 0.25) is 0 Å². The Balaban J connectivity index is 1.86. The maximum Gasteiger partial charge on any atom is 0.0722 e. The summed E-state index contributed by atoms with van der Waals surface area (Å²) >= 11 is 0. The van der Waals surface area contributed by atoms with E-state index in [-0.39, 0.29) is 0 Å². The van der Waals surface area contributed by atoms with Crippen LogP contribution in [-0.2, 0) is 0 Å². The van der Waals surface area contributed by atoms with E-state index in [0.717, 1.165) is 24.5 Å². The number of aromatic nitrogens is 1. The summed E-state index contributed by atoms with van der Waals surface area (Å²) < 4.78 is 0. The average Bonchev–Trinajstić information content (AvgIpc) is 2.85. The van der Waals surface area contributed by atoms with E-state index in [9.17, 15) is 0 Å². The van der Waals surface area contributed by atoms with Gasteiger partial charge in [0.15, 0.2) is 0 Å². The molecule has 2 aromatic rings. The molecule has 1 aromatic heterocycles. The lowest BCUT2D eigenvalue weighted by atomic mass is 10.1. The second-order valence-electron chi connectivity index (χ2n) is 5.71. The van der Waals surface area contributed by atoms with Gasteiger partial charge in [0.05, 0.1) is 5.52 Å². The van der Waals surface area contributed by atoms with Gasteiger partial charge in [0.2, 0.25) is 0 Å². The molecule has 0 spiro atoms. The summed E-state index contributed by atoms with van der Waals surface area (Å²) in [6.07, 6.45) is 3.21. The van der Waals surface area contributed by atoms with Crippen LogP contribution in [0, 0.1) is 5.92 Å². The Morgan fingerprint density at radius 2 is 2.11 bits per heavy atom. The Hall–Kier alpha value is -1.61. The molecular weight excluding hydrogens is 234 g/mol. The lowest BCUT2D eigenvalue weighted by Crippen LogP contribution is -2.25. The highest BCUT2D eigenvalue weighted by atomic mass is 15.2. The van der Waals surface area contributed by atoms with Crippen LogP contribution in [0.4, 0.5) is 5.69 Å². The van der Waals surface area contributed by atoms with Gasteiger partial charge < -0.3 is 9.80 Å². The van der Waals surface area contributed by atoms with Crippen LogP contribution in [0.5, 0.6) is 0 Å². The second-order valence-corrected chi connectivity index (χ2v) is 5.71. The molecule has 0 radical (unpaired) electrons. The molecule has 1 aromatic carbocycles. The Morgan fingerprint density at radius 1 is 1.26 bits per heavy atom. The summed E-state index contributed by atoms with van der Waals surface area (Å²) in [5, 5.41) is 1.27. The molecule has 19 heavy (non-hydrogen) atoms. The fourth-order valence-electron chi connectivity index (χ4n) is 3.07. The van der Waals surface area contributed by atoms with Crippen molar-refractivity contribution in [1.29, 1.82) is 0 Å². The van der Waals surface area contributed by atoms with Gasteiger partial charge in [-0.15, -0.1) is 0 Å². The lowest BCUT2D eigenvalue weighted by Gasteiger charge is -2.21. The van der Waals surface area contributed by atoms with Crippen molar-refractivity contribution >= 4 is 16.6 Å². The minimum atomic E-state index is 0.780. The molecule has 3 heteroatoms. The first-order valence-electron chi connectivity index (χ1n) is 6.97. The summed E-state index contributed by atoms with van der Waals surface area (Å²) in [6.45, 7) is 3.50. The van der Waals surface area contributed by atoms with E-state index in [4.69, 9.17) is 0 Å². The molecule has 1 unspecified atom stereocenters. The van der Waals surface area contributed by atoms with Gasteiger partial charge in [-0.2, -0.15) is 0 Å². The molecule has 2 heterocycles. The predicted molar refractivity (Wildman–Crippen MR) is 80.6 cm³/mol. The van der Waals surface area contributed by atoms with Crippen molar-refractivity contribution in [3.63, 3.8) is 0 Å². The molecule has 0 amide bonds. The summed E-state index contributed by atoms with van der Waals surface area (Å²) in [6, 6.07) is 10.6. The highest BCUT2D eigenvalue weighted by Crippen LogP contribution is 2.29. The number of rotatable bonds is 3. The topological polar surface area (TPSA) is 19.4 Å². The smallest absolute Gasteiger partial charge is 0.0722 e. The number of anilines is 1. The van der Waals surface area contributed by atoms with Gasteiger partial charge in [0.1, 0.15) is 0 Å². The predicted octanol–water partition coefficient (Wildman–Crippen LogP) is 2.62. The van der Waals surface area contributed by atoms with Crippen molar-refractivity contribution in [2.75, 3.05) is 38.6 Å². The molecular formula is C16H21N3. The van der Waals surface area contributed by atoms with E-state index >= 15 is 0 Å². The zero-order valence-corrected chi connectivity index (χ0v) is 11.7. The summed E-state index contributed by atoms with van der Waals surface area (Å²) in [5.41, 5.74) is 2.43. The molecule has 1 aliphatic heterocycles. The fraction of sp³-hybridized carbons (Fsp3) is 0.438. The normalized spacial score (nSPS) is 19.5. The molecule has 0 N–H and O–H groups in total. The van der Waals surface area contributed by atoms with Crippen LogP contribution in [-0.4, -0.2) is 43.6 Å². The van der Waals surface area contributed by atoms with Crippen LogP contribution in [0.1, 0.15) is 6.42 Å². The highest BCUT2D eigenvalue weighted by molar-refractivity contribution is 5.91. The Bertz CT molecular complexity index is 559. The third-order valence-electron chi connectivity index (χ3n) is 3.88. The molecule has 0 saturated carbocycles. The van der Waals surface area contributed by atoms with Crippen LogP contribution in [0.3, 0.4) is 0 Å². The van der Waals surface area contributed by atoms with Gasteiger partial charge in [-0.3, -0.25) is 4.98 Å². The van der Waals surface area contributed by atoms with E-state index in [0.29, 0.717) is 0 Å². The third kappa shape index (κ3) is 2.56. The first-order valence-corrected chi connectivity index (χ1v) is 6.97. The minimum absolute atomic E-state index is 0.780. The van der Waals surface area contributed by atoms with Crippen LogP contribution in [0.15, 0.2) is 36.5 Å². The van der Waals surface area contributed by atoms with E-state index in [2.05, 4.69) is 59.2 Å². The first kappa shape index (κ1) is 12.4. The molecule has 1 saturated heterocycles. The number of fused-ring (bicyclic) bond motifs is 1. The summed E-state index contributed by atoms with van der Waals surface area (Å²) in [5.74, 6) is 0.780. The maximum absolute atomic E-state index is 4.45. The lowest BCUT2D eigenvalue weighted by molar-refractivity contribution is 0.340. The van der Waals surface area contributed by atoms with E-state index < -0.39 is 0 Å². The van der Waals surface area contributed by atoms with E-state index in [1.54, 1.807) is 0 Å². The van der Waals surface area contributed by atoms with Gasteiger partial charge in [-0.25, -0.2) is 0 Å². The average molecular weight is 255 g/mol. The van der Waals surface area contributed by atoms with Crippen LogP contribution in [0.25, 0.3) is 10.9 Å². The largest absolute Gasteiger partial charge is 0.371 e. The summed E-state index contributed by atoms with van der Waals surface area (Å²) in [4.78, 5) is 9.25. The van der Waals surface area contributed by atoms with Gasteiger partial charge in [-0.05, 0) is 38.6 Å². The SMILES string of the molecule is CN(C)CC1CCN(c2ccnc3ccccc23)C1. The van der Waals surface area contributed by atoms with Gasteiger partial charge in [-0.1, -0.05) is 18.2 Å². The fourth-order valence-corrected chi connectivity index (χ4v) is 3.07. The second kappa shape index (κ2) is 5.17. The Morgan fingerprint density at radius 3 is 2.95 bits per heavy atom. The quantitative estimate of drug-likeness (QED) is 0.840. The Labute approximate surface area is 114 Å². The standard InChI is InChI=1S/C16H21N3/c1-18(2)11-13-8-10-19(12-13)16-7-9-17-15-6-4-3-5-14(15)16/h3-7,9,13H,8,10-12H2,1-2H3. The van der Waals surface area contributed by atoms with Gasteiger partial charge in [0, 0.05) is 36.9 Å². The first-order chi connectivity index (χ1) is 9.24. The molecule has 1 fully saturated rings. The molecule has 3 nitrogen and oxygen atoms in total. The van der Waals surface area contributed by atoms with Crippen molar-refractivity contribution in [3.05, 3.63) is 36.5 Å². The molecule has 1 atom stereocenters. The number of nitrogens with zero attached hydrogens (tertiary/aromatic N) is 3. The van der Waals surface area contributed by atoms with Gasteiger partial charge in [0.25, 0.3) is 0 Å². The number of pyridine rings is 1. The van der Waals surface area contributed by atoms with E-state index in [1.165, 1.54) is 24.0 Å². The molecule has 0 bridgehead atoms. The minimum Gasteiger partial charge on any atom is -0.371 e. The maximum atomic E-state index is 4.45. The van der Waals surface area contributed by atoms with Crippen molar-refractivity contribution < 1.29 is 0 Å². The summed E-state index contributed by atoms with van der Waals surface area (Å²) in [7, 11) is 4.31. The number of hydrogen-bond acceptors (Lipinski definition) is 3. The van der Waals surface area contributed by atoms with Crippen molar-refractivity contribution in [2.45, 2.75) is 6.42 Å². The Kier molecular flexibility index (Phi) is 3.38. The molecule has 1 aliphatic rings. The van der Waals surface area contributed by atoms with Gasteiger partial charge >= 0.3 is 0 Å². The van der Waals surface area contributed by atoms with Crippen molar-refractivity contribution in [3.8, 4) is 0 Å². The third-order valence-corrected chi connectivity index (χ3v) is 3.88. The highest BCUT2D eigenvalue weighted by Gasteiger charge is 2.24. The zero-order valence-electron chi connectivity index (χ0n) is 11.7. The van der Waals surface area contributed by atoms with Crippen molar-refractivity contribution in [2.24, 2.45) is 5.92 Å². The van der Waals surface area contributed by atoms with E-state index in [1.807, 2.05) is 6.20 Å². The number of hydrogen-bond donors (Lipinski definition) is 0. The van der Waals surface area contributed by atoms with Crippen LogP contribution >= 0.6 is 0 Å². The molecule has 0 aliphatic carbocycles. The number of benzene rings is 1.